The van der Waals surface area contributed by atoms with Gasteiger partial charge in [-0.2, -0.15) is 0 Å². The second kappa shape index (κ2) is 3.89. The number of amides is 1. The third kappa shape index (κ3) is 2.48. The molecular weight excluding hydrogens is 196 g/mol. The molecule has 3 nitrogen and oxygen atoms in total. The third-order valence-electron chi connectivity index (χ3n) is 1.42. The summed E-state index contributed by atoms with van der Waals surface area (Å²) in [4.78, 5) is 11.6. The zero-order valence-corrected chi connectivity index (χ0v) is 7.86. The van der Waals surface area contributed by atoms with Crippen molar-refractivity contribution in [2.75, 3.05) is 0 Å². The van der Waals surface area contributed by atoms with Crippen LogP contribution in [0.5, 0.6) is 0 Å². The number of carbonyl (C=O) groups is 1. The number of halogens is 1. The highest BCUT2D eigenvalue weighted by Crippen LogP contribution is 2.22. The Morgan fingerprint density at radius 3 is 2.75 bits per heavy atom. The van der Waals surface area contributed by atoms with Crippen LogP contribution in [0.4, 0.5) is 0 Å². The van der Waals surface area contributed by atoms with Gasteiger partial charge in [-0.15, -0.1) is 11.3 Å². The van der Waals surface area contributed by atoms with Gasteiger partial charge in [0.25, 0.3) is 0 Å². The smallest absolute Gasteiger partial charge is 0.234 e. The van der Waals surface area contributed by atoms with E-state index in [1.54, 1.807) is 6.07 Å². The molecule has 1 unspecified atom stereocenters. The monoisotopic (exact) mass is 204 g/mol. The standard InChI is InChI=1S/C7H9ClN2OS/c8-6-2-1-4(12-6)3-5(9)7(10)11/h1-2,5H,3,9H2,(H2,10,11). The predicted octanol–water partition coefficient (Wildman–Crippen LogP) is 0.757. The first-order valence-electron chi connectivity index (χ1n) is 3.38. The normalized spacial score (nSPS) is 12.8. The fourth-order valence-corrected chi connectivity index (χ4v) is 1.92. The molecule has 1 amide bonds. The maximum Gasteiger partial charge on any atom is 0.234 e. The Morgan fingerprint density at radius 2 is 2.33 bits per heavy atom. The second-order valence-corrected chi connectivity index (χ2v) is 4.22. The van der Waals surface area contributed by atoms with Crippen LogP contribution in [0.3, 0.4) is 0 Å². The zero-order chi connectivity index (χ0) is 9.14. The Bertz CT molecular complexity index is 287. The van der Waals surface area contributed by atoms with Gasteiger partial charge in [-0.25, -0.2) is 0 Å². The number of nitrogens with two attached hydrogens (primary N) is 2. The molecule has 12 heavy (non-hydrogen) atoms. The Hall–Kier alpha value is -0.580. The molecule has 1 rings (SSSR count). The molecule has 0 saturated carbocycles. The number of thiophene rings is 1. The van der Waals surface area contributed by atoms with Crippen LogP contribution >= 0.6 is 22.9 Å². The first kappa shape index (κ1) is 9.51. The minimum atomic E-state index is -0.611. The van der Waals surface area contributed by atoms with Crippen LogP contribution in [-0.4, -0.2) is 11.9 Å². The fourth-order valence-electron chi connectivity index (χ4n) is 0.779. The van der Waals surface area contributed by atoms with Gasteiger partial charge < -0.3 is 11.5 Å². The molecule has 0 aliphatic rings. The summed E-state index contributed by atoms with van der Waals surface area (Å²) in [5, 5.41) is 0. The van der Waals surface area contributed by atoms with Gasteiger partial charge in [0.05, 0.1) is 10.4 Å². The number of hydrogen-bond donors (Lipinski definition) is 2. The largest absolute Gasteiger partial charge is 0.368 e. The summed E-state index contributed by atoms with van der Waals surface area (Å²) < 4.78 is 0.696. The van der Waals surface area contributed by atoms with E-state index < -0.39 is 11.9 Å². The van der Waals surface area contributed by atoms with Gasteiger partial charge >= 0.3 is 0 Å². The summed E-state index contributed by atoms with van der Waals surface area (Å²) in [5.74, 6) is -0.487. The van der Waals surface area contributed by atoms with Gasteiger partial charge in [-0.1, -0.05) is 11.6 Å². The molecule has 1 aromatic rings. The van der Waals surface area contributed by atoms with Gasteiger partial charge in [0, 0.05) is 11.3 Å². The lowest BCUT2D eigenvalue weighted by Crippen LogP contribution is -2.37. The van der Waals surface area contributed by atoms with Crippen molar-refractivity contribution in [3.05, 3.63) is 21.3 Å². The lowest BCUT2D eigenvalue weighted by molar-refractivity contribution is -0.119. The summed E-state index contributed by atoms with van der Waals surface area (Å²) in [7, 11) is 0. The first-order valence-corrected chi connectivity index (χ1v) is 4.58. The lowest BCUT2D eigenvalue weighted by Gasteiger charge is -2.03. The SMILES string of the molecule is NC(=O)C(N)Cc1ccc(Cl)s1. The summed E-state index contributed by atoms with van der Waals surface area (Å²) >= 11 is 7.10. The lowest BCUT2D eigenvalue weighted by atomic mass is 10.2. The molecule has 0 aliphatic carbocycles. The highest BCUT2D eigenvalue weighted by molar-refractivity contribution is 7.16. The molecule has 1 heterocycles. The molecule has 0 aromatic carbocycles. The molecule has 4 N–H and O–H groups in total. The molecule has 0 saturated heterocycles. The Kier molecular flexibility index (Phi) is 3.08. The van der Waals surface area contributed by atoms with E-state index in [0.717, 1.165) is 4.88 Å². The van der Waals surface area contributed by atoms with Gasteiger partial charge in [0.15, 0.2) is 0 Å². The third-order valence-corrected chi connectivity index (χ3v) is 2.67. The predicted molar refractivity (Wildman–Crippen MR) is 50.2 cm³/mol. The van der Waals surface area contributed by atoms with Crippen molar-refractivity contribution in [3.8, 4) is 0 Å². The number of carbonyl (C=O) groups excluding carboxylic acids is 1. The fraction of sp³-hybridized carbons (Fsp3) is 0.286. The van der Waals surface area contributed by atoms with Crippen molar-refractivity contribution in [1.82, 2.24) is 0 Å². The van der Waals surface area contributed by atoms with Crippen LogP contribution in [-0.2, 0) is 11.2 Å². The van der Waals surface area contributed by atoms with E-state index >= 15 is 0 Å². The van der Waals surface area contributed by atoms with E-state index in [4.69, 9.17) is 23.1 Å². The van der Waals surface area contributed by atoms with Crippen molar-refractivity contribution < 1.29 is 4.79 Å². The van der Waals surface area contributed by atoms with E-state index in [1.165, 1.54) is 11.3 Å². The van der Waals surface area contributed by atoms with Crippen LogP contribution in [0.25, 0.3) is 0 Å². The van der Waals surface area contributed by atoms with E-state index in [2.05, 4.69) is 0 Å². The van der Waals surface area contributed by atoms with Gasteiger partial charge in [0.1, 0.15) is 0 Å². The average Bonchev–Trinajstić information content (AvgIpc) is 2.35. The van der Waals surface area contributed by atoms with Gasteiger partial charge in [0.2, 0.25) is 5.91 Å². The van der Waals surface area contributed by atoms with E-state index in [1.807, 2.05) is 6.07 Å². The van der Waals surface area contributed by atoms with Crippen LogP contribution in [0.1, 0.15) is 4.88 Å². The van der Waals surface area contributed by atoms with E-state index in [0.29, 0.717) is 10.8 Å². The molecule has 0 radical (unpaired) electrons. The highest BCUT2D eigenvalue weighted by atomic mass is 35.5. The molecular formula is C7H9ClN2OS. The summed E-state index contributed by atoms with van der Waals surface area (Å²) in [6, 6.07) is 3.00. The van der Waals surface area contributed by atoms with Crippen molar-refractivity contribution in [1.29, 1.82) is 0 Å². The molecule has 0 bridgehead atoms. The van der Waals surface area contributed by atoms with Crippen molar-refractivity contribution in [2.45, 2.75) is 12.5 Å². The van der Waals surface area contributed by atoms with E-state index in [9.17, 15) is 4.79 Å². The molecule has 1 aromatic heterocycles. The van der Waals surface area contributed by atoms with Crippen LogP contribution in [0.15, 0.2) is 12.1 Å². The minimum Gasteiger partial charge on any atom is -0.368 e. The van der Waals surface area contributed by atoms with Crippen LogP contribution in [0, 0.1) is 0 Å². The molecule has 1 atom stereocenters. The maximum absolute atomic E-state index is 10.6. The topological polar surface area (TPSA) is 69.1 Å². The first-order chi connectivity index (χ1) is 5.59. The summed E-state index contributed by atoms with van der Waals surface area (Å²) in [6.07, 6.45) is 0.465. The number of primary amides is 1. The maximum atomic E-state index is 10.6. The molecule has 5 heteroatoms. The Balaban J connectivity index is 2.58. The quantitative estimate of drug-likeness (QED) is 0.763. The molecule has 0 aliphatic heterocycles. The van der Waals surface area contributed by atoms with Gasteiger partial charge in [-0.3, -0.25) is 4.79 Å². The molecule has 0 fully saturated rings. The average molecular weight is 205 g/mol. The van der Waals surface area contributed by atoms with Crippen molar-refractivity contribution in [2.24, 2.45) is 11.5 Å². The van der Waals surface area contributed by atoms with Crippen LogP contribution in [0.2, 0.25) is 4.34 Å². The number of rotatable bonds is 3. The van der Waals surface area contributed by atoms with Crippen molar-refractivity contribution in [3.63, 3.8) is 0 Å². The van der Waals surface area contributed by atoms with Crippen molar-refractivity contribution >= 4 is 28.8 Å². The van der Waals surface area contributed by atoms with Crippen LogP contribution < -0.4 is 11.5 Å². The Labute approximate surface area is 79.3 Å². The second-order valence-electron chi connectivity index (χ2n) is 2.42. The zero-order valence-electron chi connectivity index (χ0n) is 6.29. The summed E-state index contributed by atoms with van der Waals surface area (Å²) in [5.41, 5.74) is 10.4. The number of hydrogen-bond acceptors (Lipinski definition) is 3. The van der Waals surface area contributed by atoms with Gasteiger partial charge in [-0.05, 0) is 12.1 Å². The molecule has 66 valence electrons. The minimum absolute atomic E-state index is 0.465. The Morgan fingerprint density at radius 1 is 1.67 bits per heavy atom. The van der Waals surface area contributed by atoms with E-state index in [-0.39, 0.29) is 0 Å². The molecule has 0 spiro atoms. The highest BCUT2D eigenvalue weighted by Gasteiger charge is 2.10. The summed E-state index contributed by atoms with van der Waals surface area (Å²) in [6.45, 7) is 0.